The van der Waals surface area contributed by atoms with Gasteiger partial charge in [-0.05, 0) is 62.3 Å². The summed E-state index contributed by atoms with van der Waals surface area (Å²) in [5, 5.41) is 5.88. The third kappa shape index (κ3) is 2.96. The molecule has 1 saturated heterocycles. The highest BCUT2D eigenvalue weighted by Gasteiger charge is 2.23. The lowest BCUT2D eigenvalue weighted by Crippen LogP contribution is -2.42. The van der Waals surface area contributed by atoms with Crippen LogP contribution < -0.4 is 10.6 Å². The Morgan fingerprint density at radius 3 is 2.95 bits per heavy atom. The normalized spacial score (nSPS) is 22.4. The molecule has 1 aromatic carbocycles. The lowest BCUT2D eigenvalue weighted by Gasteiger charge is -2.20. The molecule has 1 aromatic rings. The average molecular weight is 274 g/mol. The molecular weight excluding hydrogens is 252 g/mol. The van der Waals surface area contributed by atoms with Crippen LogP contribution in [0.3, 0.4) is 0 Å². The van der Waals surface area contributed by atoms with Crippen molar-refractivity contribution in [2.75, 3.05) is 11.9 Å². The molecular formula is C16H22N2O2. The van der Waals surface area contributed by atoms with E-state index in [4.69, 9.17) is 4.74 Å². The first kappa shape index (κ1) is 13.4. The van der Waals surface area contributed by atoms with Crippen molar-refractivity contribution in [2.24, 2.45) is 0 Å². The van der Waals surface area contributed by atoms with Gasteiger partial charge in [0.15, 0.2) is 0 Å². The largest absolute Gasteiger partial charge is 0.376 e. The van der Waals surface area contributed by atoms with E-state index >= 15 is 0 Å². The smallest absolute Gasteiger partial charge is 0.319 e. The second kappa shape index (κ2) is 5.83. The van der Waals surface area contributed by atoms with Gasteiger partial charge in [0.05, 0.1) is 12.1 Å². The Hall–Kier alpha value is -1.55. The molecule has 1 heterocycles. The van der Waals surface area contributed by atoms with E-state index < -0.39 is 0 Å². The fourth-order valence-electron chi connectivity index (χ4n) is 3.11. The van der Waals surface area contributed by atoms with E-state index in [2.05, 4.69) is 22.8 Å². The zero-order valence-corrected chi connectivity index (χ0v) is 11.9. The minimum absolute atomic E-state index is 0.0481. The summed E-state index contributed by atoms with van der Waals surface area (Å²) in [7, 11) is 0. The topological polar surface area (TPSA) is 50.4 Å². The SMILES string of the molecule is C[C@H](NC(=O)Nc1ccc2c(c1)CCC2)[C@H]1CCCO1. The number of amides is 2. The van der Waals surface area contributed by atoms with E-state index in [1.807, 2.05) is 13.0 Å². The summed E-state index contributed by atoms with van der Waals surface area (Å²) in [6.45, 7) is 2.81. The molecule has 0 bridgehead atoms. The number of carbonyl (C=O) groups excluding carboxylic acids is 1. The van der Waals surface area contributed by atoms with Crippen molar-refractivity contribution in [1.82, 2.24) is 5.32 Å². The van der Waals surface area contributed by atoms with Crippen molar-refractivity contribution >= 4 is 11.7 Å². The molecule has 2 atom stereocenters. The number of hydrogen-bond donors (Lipinski definition) is 2. The molecule has 2 amide bonds. The van der Waals surface area contributed by atoms with Crippen LogP contribution in [0.15, 0.2) is 18.2 Å². The molecule has 3 rings (SSSR count). The highest BCUT2D eigenvalue weighted by Crippen LogP contribution is 2.24. The van der Waals surface area contributed by atoms with Gasteiger partial charge in [-0.3, -0.25) is 0 Å². The number of hydrogen-bond acceptors (Lipinski definition) is 2. The molecule has 4 heteroatoms. The van der Waals surface area contributed by atoms with E-state index in [1.54, 1.807) is 0 Å². The molecule has 0 radical (unpaired) electrons. The standard InChI is InChI=1S/C16H22N2O2/c1-11(15-6-3-9-20-15)17-16(19)18-14-8-7-12-4-2-5-13(12)10-14/h7-8,10-11,15H,2-6,9H2,1H3,(H2,17,18,19)/t11-,15+/m0/s1. The number of nitrogens with one attached hydrogen (secondary N) is 2. The van der Waals surface area contributed by atoms with Crippen LogP contribution in [-0.2, 0) is 17.6 Å². The van der Waals surface area contributed by atoms with Crippen LogP contribution in [0.1, 0.15) is 37.3 Å². The molecule has 0 aromatic heterocycles. The van der Waals surface area contributed by atoms with Gasteiger partial charge < -0.3 is 15.4 Å². The number of urea groups is 1. The number of benzene rings is 1. The predicted molar refractivity (Wildman–Crippen MR) is 79.1 cm³/mol. The third-order valence-corrected chi connectivity index (χ3v) is 4.24. The van der Waals surface area contributed by atoms with Crippen LogP contribution in [0, 0.1) is 0 Å². The summed E-state index contributed by atoms with van der Waals surface area (Å²) < 4.78 is 5.58. The van der Waals surface area contributed by atoms with Crippen molar-refractivity contribution in [3.05, 3.63) is 29.3 Å². The molecule has 4 nitrogen and oxygen atoms in total. The summed E-state index contributed by atoms with van der Waals surface area (Å²) >= 11 is 0. The first-order chi connectivity index (χ1) is 9.72. The second-order valence-electron chi connectivity index (χ2n) is 5.78. The molecule has 108 valence electrons. The van der Waals surface area contributed by atoms with Crippen molar-refractivity contribution in [3.8, 4) is 0 Å². The molecule has 2 N–H and O–H groups in total. The van der Waals surface area contributed by atoms with Crippen LogP contribution in [-0.4, -0.2) is 24.8 Å². The summed E-state index contributed by atoms with van der Waals surface area (Å²) in [6.07, 6.45) is 5.78. The molecule has 1 aliphatic carbocycles. The van der Waals surface area contributed by atoms with Crippen molar-refractivity contribution < 1.29 is 9.53 Å². The monoisotopic (exact) mass is 274 g/mol. The number of rotatable bonds is 3. The number of ether oxygens (including phenoxy) is 1. The van der Waals surface area contributed by atoms with E-state index in [0.29, 0.717) is 0 Å². The molecule has 0 saturated carbocycles. The Bertz CT molecular complexity index is 495. The number of fused-ring (bicyclic) bond motifs is 1. The lowest BCUT2D eigenvalue weighted by atomic mass is 10.1. The first-order valence-electron chi connectivity index (χ1n) is 7.53. The maximum absolute atomic E-state index is 12.0. The highest BCUT2D eigenvalue weighted by atomic mass is 16.5. The summed E-state index contributed by atoms with van der Waals surface area (Å²) in [6, 6.07) is 6.11. The molecule has 0 unspecified atom stereocenters. The van der Waals surface area contributed by atoms with Crippen molar-refractivity contribution in [2.45, 2.75) is 51.2 Å². The van der Waals surface area contributed by atoms with Gasteiger partial charge in [0, 0.05) is 12.3 Å². The van der Waals surface area contributed by atoms with Crippen LogP contribution in [0.25, 0.3) is 0 Å². The Morgan fingerprint density at radius 1 is 1.30 bits per heavy atom. The van der Waals surface area contributed by atoms with Gasteiger partial charge in [0.1, 0.15) is 0 Å². The Balaban J connectivity index is 1.55. The lowest BCUT2D eigenvalue weighted by molar-refractivity contribution is 0.0868. The molecule has 20 heavy (non-hydrogen) atoms. The zero-order valence-electron chi connectivity index (χ0n) is 11.9. The molecule has 0 spiro atoms. The maximum atomic E-state index is 12.0. The van der Waals surface area contributed by atoms with Crippen molar-refractivity contribution in [1.29, 1.82) is 0 Å². The highest BCUT2D eigenvalue weighted by molar-refractivity contribution is 5.89. The predicted octanol–water partition coefficient (Wildman–Crippen LogP) is 2.86. The quantitative estimate of drug-likeness (QED) is 0.890. The zero-order chi connectivity index (χ0) is 13.9. The summed E-state index contributed by atoms with van der Waals surface area (Å²) in [5.74, 6) is 0. The number of carbonyl (C=O) groups is 1. The average Bonchev–Trinajstić information content (AvgIpc) is 3.09. The third-order valence-electron chi connectivity index (χ3n) is 4.24. The van der Waals surface area contributed by atoms with Crippen molar-refractivity contribution in [3.63, 3.8) is 0 Å². The Labute approximate surface area is 119 Å². The minimum atomic E-state index is -0.147. The summed E-state index contributed by atoms with van der Waals surface area (Å²) in [5.41, 5.74) is 3.67. The fourth-order valence-corrected chi connectivity index (χ4v) is 3.11. The van der Waals surface area contributed by atoms with Gasteiger partial charge in [-0.15, -0.1) is 0 Å². The fraction of sp³-hybridized carbons (Fsp3) is 0.562. The number of aryl methyl sites for hydroxylation is 2. The van der Waals surface area contributed by atoms with Gasteiger partial charge >= 0.3 is 6.03 Å². The van der Waals surface area contributed by atoms with Gasteiger partial charge in [-0.25, -0.2) is 4.79 Å². The van der Waals surface area contributed by atoms with Crippen LogP contribution in [0.5, 0.6) is 0 Å². The molecule has 1 aliphatic heterocycles. The number of anilines is 1. The van der Waals surface area contributed by atoms with Gasteiger partial charge in [0.2, 0.25) is 0 Å². The first-order valence-corrected chi connectivity index (χ1v) is 7.53. The summed E-state index contributed by atoms with van der Waals surface area (Å²) in [4.78, 5) is 12.0. The second-order valence-corrected chi connectivity index (χ2v) is 5.78. The molecule has 2 aliphatic rings. The minimum Gasteiger partial charge on any atom is -0.376 e. The van der Waals surface area contributed by atoms with Crippen LogP contribution >= 0.6 is 0 Å². The Morgan fingerprint density at radius 2 is 2.15 bits per heavy atom. The Kier molecular flexibility index (Phi) is 3.92. The van der Waals surface area contributed by atoms with Gasteiger partial charge in [0.25, 0.3) is 0 Å². The van der Waals surface area contributed by atoms with E-state index in [-0.39, 0.29) is 18.2 Å². The van der Waals surface area contributed by atoms with Gasteiger partial charge in [-0.2, -0.15) is 0 Å². The van der Waals surface area contributed by atoms with Crippen LogP contribution in [0.4, 0.5) is 10.5 Å². The van der Waals surface area contributed by atoms with Crippen LogP contribution in [0.2, 0.25) is 0 Å². The van der Waals surface area contributed by atoms with Gasteiger partial charge in [-0.1, -0.05) is 6.07 Å². The molecule has 1 fully saturated rings. The van der Waals surface area contributed by atoms with E-state index in [0.717, 1.165) is 38.0 Å². The maximum Gasteiger partial charge on any atom is 0.319 e. The van der Waals surface area contributed by atoms with E-state index in [9.17, 15) is 4.79 Å². The van der Waals surface area contributed by atoms with E-state index in [1.165, 1.54) is 17.5 Å².